The van der Waals surface area contributed by atoms with Gasteiger partial charge in [0.1, 0.15) is 23.0 Å². The summed E-state index contributed by atoms with van der Waals surface area (Å²) in [6.45, 7) is 0. The molecule has 2 aromatic heterocycles. The summed E-state index contributed by atoms with van der Waals surface area (Å²) >= 11 is 6.73. The van der Waals surface area contributed by atoms with Gasteiger partial charge in [0.05, 0.1) is 0 Å². The van der Waals surface area contributed by atoms with Gasteiger partial charge in [-0.15, -0.1) is 0 Å². The van der Waals surface area contributed by atoms with Crippen LogP contribution in [0.2, 0.25) is 0 Å². The number of anilines is 1. The molecule has 0 fully saturated rings. The lowest BCUT2D eigenvalue weighted by Crippen LogP contribution is -1.94. The van der Waals surface area contributed by atoms with Crippen molar-refractivity contribution < 1.29 is 4.39 Å². The van der Waals surface area contributed by atoms with Crippen LogP contribution in [0.3, 0.4) is 0 Å². The zero-order valence-corrected chi connectivity index (χ0v) is 12.7. The molecule has 0 amide bonds. The van der Waals surface area contributed by atoms with Gasteiger partial charge in [-0.3, -0.25) is 4.40 Å². The molecule has 19 heavy (non-hydrogen) atoms. The van der Waals surface area contributed by atoms with Crippen LogP contribution in [0.4, 0.5) is 10.2 Å². The lowest BCUT2D eigenvalue weighted by atomic mass is 10.1. The van der Waals surface area contributed by atoms with Crippen LogP contribution in [-0.4, -0.2) is 9.38 Å². The fourth-order valence-electron chi connectivity index (χ4n) is 1.92. The number of halogens is 3. The minimum atomic E-state index is -0.305. The van der Waals surface area contributed by atoms with Gasteiger partial charge in [-0.05, 0) is 62.2 Å². The van der Waals surface area contributed by atoms with Crippen molar-refractivity contribution in [2.75, 3.05) is 5.73 Å². The van der Waals surface area contributed by atoms with Crippen LogP contribution in [-0.2, 0) is 0 Å². The average Bonchev–Trinajstić information content (AvgIpc) is 2.67. The Morgan fingerprint density at radius 1 is 1.16 bits per heavy atom. The molecule has 3 nitrogen and oxygen atoms in total. The molecule has 0 spiro atoms. The van der Waals surface area contributed by atoms with E-state index in [-0.39, 0.29) is 5.82 Å². The van der Waals surface area contributed by atoms with Crippen LogP contribution < -0.4 is 5.73 Å². The predicted molar refractivity (Wildman–Crippen MR) is 80.4 cm³/mol. The van der Waals surface area contributed by atoms with Crippen molar-refractivity contribution in [2.24, 2.45) is 0 Å². The molecule has 0 unspecified atom stereocenters. The number of benzene rings is 1. The normalized spacial score (nSPS) is 11.1. The largest absolute Gasteiger partial charge is 0.383 e. The van der Waals surface area contributed by atoms with Gasteiger partial charge in [0.15, 0.2) is 0 Å². The minimum absolute atomic E-state index is 0.305. The molecule has 0 aliphatic carbocycles. The number of rotatable bonds is 1. The number of imidazole rings is 1. The summed E-state index contributed by atoms with van der Waals surface area (Å²) in [6, 6.07) is 8.20. The Hall–Kier alpha value is -1.40. The predicted octanol–water partition coefficient (Wildman–Crippen LogP) is 4.25. The molecule has 3 rings (SSSR count). The van der Waals surface area contributed by atoms with E-state index in [2.05, 4.69) is 36.8 Å². The van der Waals surface area contributed by atoms with Crippen molar-refractivity contribution in [3.05, 3.63) is 51.3 Å². The number of hydrogen-bond donors (Lipinski definition) is 1. The quantitative estimate of drug-likeness (QED) is 0.681. The van der Waals surface area contributed by atoms with E-state index in [0.717, 1.165) is 15.7 Å². The smallest absolute Gasteiger partial charge is 0.139 e. The third kappa shape index (κ3) is 2.15. The summed E-state index contributed by atoms with van der Waals surface area (Å²) in [6.07, 6.45) is 1.85. The third-order valence-electron chi connectivity index (χ3n) is 2.81. The van der Waals surface area contributed by atoms with Gasteiger partial charge in [-0.25, -0.2) is 9.37 Å². The lowest BCUT2D eigenvalue weighted by Gasteiger charge is -2.02. The number of hydrogen-bond acceptors (Lipinski definition) is 2. The highest BCUT2D eigenvalue weighted by molar-refractivity contribution is 9.10. The molecule has 3 aromatic rings. The maximum atomic E-state index is 13.1. The molecule has 0 atom stereocenters. The van der Waals surface area contributed by atoms with Crippen LogP contribution in [0.5, 0.6) is 0 Å². The second-order valence-electron chi connectivity index (χ2n) is 4.05. The summed E-state index contributed by atoms with van der Waals surface area (Å²) in [7, 11) is 0. The number of fused-ring (bicyclic) bond motifs is 1. The summed E-state index contributed by atoms with van der Waals surface area (Å²) in [5.74, 6) is 0.212. The fraction of sp³-hybridized carbons (Fsp3) is 0. The second-order valence-corrected chi connectivity index (χ2v) is 5.82. The number of nitrogens with zero attached hydrogens (tertiary/aromatic N) is 2. The highest BCUT2D eigenvalue weighted by atomic mass is 79.9. The van der Waals surface area contributed by atoms with Crippen LogP contribution in [0.1, 0.15) is 0 Å². The van der Waals surface area contributed by atoms with Crippen LogP contribution in [0.15, 0.2) is 45.5 Å². The lowest BCUT2D eigenvalue weighted by molar-refractivity contribution is 0.627. The molecule has 0 aliphatic heterocycles. The number of nitrogens with two attached hydrogens (primary N) is 1. The Bertz CT molecular complexity index is 783. The number of nitrogen functional groups attached to an aromatic ring is 1. The van der Waals surface area contributed by atoms with Crippen molar-refractivity contribution in [1.82, 2.24) is 9.38 Å². The number of pyridine rings is 1. The molecular formula is C13H8Br2FN3. The molecule has 0 radical (unpaired) electrons. The van der Waals surface area contributed by atoms with E-state index in [1.54, 1.807) is 10.5 Å². The maximum Gasteiger partial charge on any atom is 0.139 e. The van der Waals surface area contributed by atoms with Gasteiger partial charge < -0.3 is 5.73 Å². The van der Waals surface area contributed by atoms with E-state index >= 15 is 0 Å². The SMILES string of the molecule is Nc1c(-c2ccc(F)cc2Br)nc2ccc(Br)cn12. The first kappa shape index (κ1) is 12.6. The first-order valence-corrected chi connectivity index (χ1v) is 7.03. The van der Waals surface area contributed by atoms with Gasteiger partial charge in [-0.2, -0.15) is 0 Å². The fourth-order valence-corrected chi connectivity index (χ4v) is 2.79. The highest BCUT2D eigenvalue weighted by Crippen LogP contribution is 2.33. The van der Waals surface area contributed by atoms with Gasteiger partial charge in [0, 0.05) is 20.7 Å². The first-order chi connectivity index (χ1) is 9.06. The molecule has 2 N–H and O–H groups in total. The van der Waals surface area contributed by atoms with Crippen molar-refractivity contribution in [3.63, 3.8) is 0 Å². The summed E-state index contributed by atoms with van der Waals surface area (Å²) in [5.41, 5.74) is 8.25. The maximum absolute atomic E-state index is 13.1. The second kappa shape index (κ2) is 4.61. The summed E-state index contributed by atoms with van der Waals surface area (Å²) in [4.78, 5) is 4.48. The molecule has 0 saturated heterocycles. The van der Waals surface area contributed by atoms with E-state index in [0.29, 0.717) is 16.0 Å². The molecule has 96 valence electrons. The molecule has 2 heterocycles. The van der Waals surface area contributed by atoms with E-state index < -0.39 is 0 Å². The Labute approximate surface area is 125 Å². The van der Waals surface area contributed by atoms with Crippen molar-refractivity contribution >= 4 is 43.3 Å². The van der Waals surface area contributed by atoms with Crippen molar-refractivity contribution in [1.29, 1.82) is 0 Å². The average molecular weight is 385 g/mol. The van der Waals surface area contributed by atoms with Crippen LogP contribution in [0, 0.1) is 5.82 Å². The van der Waals surface area contributed by atoms with E-state index in [9.17, 15) is 4.39 Å². The van der Waals surface area contributed by atoms with Gasteiger partial charge in [0.25, 0.3) is 0 Å². The first-order valence-electron chi connectivity index (χ1n) is 5.45. The summed E-state index contributed by atoms with van der Waals surface area (Å²) < 4.78 is 16.5. The zero-order chi connectivity index (χ0) is 13.6. The molecule has 0 aliphatic rings. The highest BCUT2D eigenvalue weighted by Gasteiger charge is 2.14. The Kier molecular flexibility index (Phi) is 3.06. The topological polar surface area (TPSA) is 43.3 Å². The Morgan fingerprint density at radius 3 is 2.68 bits per heavy atom. The van der Waals surface area contributed by atoms with Crippen molar-refractivity contribution in [3.8, 4) is 11.3 Å². The monoisotopic (exact) mass is 383 g/mol. The molecular weight excluding hydrogens is 377 g/mol. The third-order valence-corrected chi connectivity index (χ3v) is 3.93. The van der Waals surface area contributed by atoms with Crippen LogP contribution >= 0.6 is 31.9 Å². The minimum Gasteiger partial charge on any atom is -0.383 e. The van der Waals surface area contributed by atoms with Crippen molar-refractivity contribution in [2.45, 2.75) is 0 Å². The molecule has 0 saturated carbocycles. The van der Waals surface area contributed by atoms with E-state index in [1.165, 1.54) is 12.1 Å². The van der Waals surface area contributed by atoms with E-state index in [1.807, 2.05) is 18.3 Å². The van der Waals surface area contributed by atoms with Gasteiger partial charge in [-0.1, -0.05) is 0 Å². The Morgan fingerprint density at radius 2 is 1.95 bits per heavy atom. The van der Waals surface area contributed by atoms with Gasteiger partial charge >= 0.3 is 0 Å². The van der Waals surface area contributed by atoms with Crippen LogP contribution in [0.25, 0.3) is 16.9 Å². The standard InChI is InChI=1S/C13H8Br2FN3/c14-7-1-4-11-18-12(13(17)19(11)6-7)9-3-2-8(16)5-10(9)15/h1-6H,17H2. The Balaban J connectivity index is 2.28. The number of aromatic nitrogens is 2. The molecule has 6 heteroatoms. The molecule has 1 aromatic carbocycles. The molecule has 0 bridgehead atoms. The van der Waals surface area contributed by atoms with E-state index in [4.69, 9.17) is 5.73 Å². The summed E-state index contributed by atoms with van der Waals surface area (Å²) in [5, 5.41) is 0. The van der Waals surface area contributed by atoms with Gasteiger partial charge in [0.2, 0.25) is 0 Å². The zero-order valence-electron chi connectivity index (χ0n) is 9.57.